The second kappa shape index (κ2) is 5.72. The first kappa shape index (κ1) is 12.0. The van der Waals surface area contributed by atoms with Gasteiger partial charge in [0, 0.05) is 13.2 Å². The van der Waals surface area contributed by atoms with Gasteiger partial charge in [-0.2, -0.15) is 0 Å². The van der Waals surface area contributed by atoms with Crippen LogP contribution in [0.15, 0.2) is 0 Å². The highest BCUT2D eigenvalue weighted by molar-refractivity contribution is 4.82. The molecule has 14 heavy (non-hydrogen) atoms. The van der Waals surface area contributed by atoms with Crippen LogP contribution in [0.2, 0.25) is 0 Å². The first-order chi connectivity index (χ1) is 6.64. The molecule has 0 aromatic heterocycles. The summed E-state index contributed by atoms with van der Waals surface area (Å²) < 4.78 is 0. The van der Waals surface area contributed by atoms with Crippen LogP contribution < -0.4 is 0 Å². The van der Waals surface area contributed by atoms with E-state index >= 15 is 0 Å². The van der Waals surface area contributed by atoms with Gasteiger partial charge in [-0.1, -0.05) is 26.7 Å². The van der Waals surface area contributed by atoms with Crippen molar-refractivity contribution in [2.45, 2.75) is 46.0 Å². The molecule has 0 atom stereocenters. The Kier molecular flexibility index (Phi) is 4.90. The predicted molar refractivity (Wildman–Crippen MR) is 60.4 cm³/mol. The van der Waals surface area contributed by atoms with Crippen LogP contribution in [0.4, 0.5) is 0 Å². The molecule has 0 aliphatic carbocycles. The largest absolute Gasteiger partial charge is 0.396 e. The molecule has 1 aliphatic heterocycles. The van der Waals surface area contributed by atoms with Crippen molar-refractivity contribution in [2.75, 3.05) is 26.2 Å². The molecule has 1 N–H and O–H groups in total. The van der Waals surface area contributed by atoms with Gasteiger partial charge in [-0.15, -0.1) is 0 Å². The zero-order chi connectivity index (χ0) is 10.4. The minimum Gasteiger partial charge on any atom is -0.396 e. The lowest BCUT2D eigenvalue weighted by atomic mass is 9.93. The molecule has 1 fully saturated rings. The van der Waals surface area contributed by atoms with Gasteiger partial charge in [-0.25, -0.2) is 0 Å². The van der Waals surface area contributed by atoms with E-state index < -0.39 is 0 Å². The Morgan fingerprint density at radius 3 is 2.43 bits per heavy atom. The van der Waals surface area contributed by atoms with Crippen molar-refractivity contribution in [3.05, 3.63) is 0 Å². The molecule has 0 radical (unpaired) electrons. The molecular weight excluding hydrogens is 174 g/mol. The van der Waals surface area contributed by atoms with Gasteiger partial charge in [0.25, 0.3) is 0 Å². The van der Waals surface area contributed by atoms with E-state index in [9.17, 15) is 0 Å². The lowest BCUT2D eigenvalue weighted by molar-refractivity contribution is 0.270. The zero-order valence-corrected chi connectivity index (χ0v) is 9.76. The third-order valence-corrected chi connectivity index (χ3v) is 3.14. The maximum absolute atomic E-state index is 8.64. The highest BCUT2D eigenvalue weighted by Crippen LogP contribution is 2.28. The zero-order valence-electron chi connectivity index (χ0n) is 9.76. The van der Waals surface area contributed by atoms with Crippen LogP contribution >= 0.6 is 0 Å². The van der Waals surface area contributed by atoms with Gasteiger partial charge in [-0.3, -0.25) is 0 Å². The molecule has 0 saturated carbocycles. The van der Waals surface area contributed by atoms with Crippen LogP contribution in [0.1, 0.15) is 46.0 Å². The highest BCUT2D eigenvalue weighted by Gasteiger charge is 2.28. The topological polar surface area (TPSA) is 23.5 Å². The van der Waals surface area contributed by atoms with E-state index in [4.69, 9.17) is 5.11 Å². The molecule has 1 aliphatic rings. The number of aliphatic hydroxyl groups excluding tert-OH is 1. The van der Waals surface area contributed by atoms with E-state index in [2.05, 4.69) is 18.7 Å². The van der Waals surface area contributed by atoms with Crippen LogP contribution in [0.3, 0.4) is 0 Å². The number of likely N-dealkylation sites (tertiary alicyclic amines) is 1. The van der Waals surface area contributed by atoms with E-state index in [1.54, 1.807) is 0 Å². The van der Waals surface area contributed by atoms with Crippen LogP contribution in [0.5, 0.6) is 0 Å². The Morgan fingerprint density at radius 1 is 1.14 bits per heavy atom. The van der Waals surface area contributed by atoms with Gasteiger partial charge < -0.3 is 10.0 Å². The van der Waals surface area contributed by atoms with Crippen molar-refractivity contribution in [2.24, 2.45) is 5.41 Å². The van der Waals surface area contributed by atoms with Crippen molar-refractivity contribution < 1.29 is 5.11 Å². The number of rotatable bonds is 6. The van der Waals surface area contributed by atoms with Gasteiger partial charge in [0.2, 0.25) is 0 Å². The summed E-state index contributed by atoms with van der Waals surface area (Å²) in [4.78, 5) is 2.58. The van der Waals surface area contributed by atoms with Crippen LogP contribution in [-0.4, -0.2) is 36.2 Å². The van der Waals surface area contributed by atoms with Crippen LogP contribution in [-0.2, 0) is 0 Å². The normalized spacial score (nSPS) is 21.6. The van der Waals surface area contributed by atoms with Gasteiger partial charge in [0.15, 0.2) is 0 Å². The third kappa shape index (κ3) is 4.43. The van der Waals surface area contributed by atoms with Crippen molar-refractivity contribution in [1.29, 1.82) is 0 Å². The summed E-state index contributed by atoms with van der Waals surface area (Å²) in [6.07, 6.45) is 6.09. The van der Waals surface area contributed by atoms with E-state index in [1.165, 1.54) is 45.3 Å². The summed E-state index contributed by atoms with van der Waals surface area (Å²) in [7, 11) is 0. The predicted octanol–water partition coefficient (Wildman–Crippen LogP) is 2.27. The van der Waals surface area contributed by atoms with Gasteiger partial charge in [0.05, 0.1) is 0 Å². The molecule has 0 aromatic carbocycles. The Labute approximate surface area is 88.3 Å². The molecule has 0 bridgehead atoms. The summed E-state index contributed by atoms with van der Waals surface area (Å²) in [6.45, 7) is 8.89. The molecule has 84 valence electrons. The van der Waals surface area contributed by atoms with Gasteiger partial charge in [0.1, 0.15) is 0 Å². The monoisotopic (exact) mass is 199 g/mol. The molecule has 0 unspecified atom stereocenters. The lowest BCUT2D eigenvalue weighted by Crippen LogP contribution is -2.24. The second-order valence-corrected chi connectivity index (χ2v) is 5.33. The number of hydrogen-bond donors (Lipinski definition) is 1. The Hall–Kier alpha value is -0.0800. The number of aliphatic hydroxyl groups is 1. The summed E-state index contributed by atoms with van der Waals surface area (Å²) >= 11 is 0. The molecule has 2 heteroatoms. The maximum atomic E-state index is 8.64. The fourth-order valence-corrected chi connectivity index (χ4v) is 2.22. The van der Waals surface area contributed by atoms with Crippen molar-refractivity contribution in [3.63, 3.8) is 0 Å². The second-order valence-electron chi connectivity index (χ2n) is 5.33. The summed E-state index contributed by atoms with van der Waals surface area (Å²) in [5.74, 6) is 0. The Bertz CT molecular complexity index is 156. The van der Waals surface area contributed by atoms with Crippen molar-refractivity contribution >= 4 is 0 Å². The quantitative estimate of drug-likeness (QED) is 0.663. The summed E-state index contributed by atoms with van der Waals surface area (Å²) in [5.41, 5.74) is 0.547. The summed E-state index contributed by atoms with van der Waals surface area (Å²) in [6, 6.07) is 0. The van der Waals surface area contributed by atoms with Crippen molar-refractivity contribution in [3.8, 4) is 0 Å². The molecule has 0 aromatic rings. The highest BCUT2D eigenvalue weighted by atomic mass is 16.2. The van der Waals surface area contributed by atoms with Crippen LogP contribution in [0.25, 0.3) is 0 Å². The smallest absolute Gasteiger partial charge is 0.0431 e. The first-order valence-electron chi connectivity index (χ1n) is 5.97. The number of hydrogen-bond acceptors (Lipinski definition) is 2. The molecule has 2 nitrogen and oxygen atoms in total. The maximum Gasteiger partial charge on any atom is 0.0431 e. The molecule has 0 spiro atoms. The average molecular weight is 199 g/mol. The molecule has 1 saturated heterocycles. The minimum absolute atomic E-state index is 0.358. The van der Waals surface area contributed by atoms with Gasteiger partial charge in [-0.05, 0) is 37.8 Å². The first-order valence-corrected chi connectivity index (χ1v) is 5.97. The standard InChI is InChI=1S/C12H25NO/c1-12(2)7-9-13(11-12)8-5-3-4-6-10-14/h14H,3-11H2,1-2H3. The van der Waals surface area contributed by atoms with E-state index in [1.807, 2.05) is 0 Å². The fourth-order valence-electron chi connectivity index (χ4n) is 2.22. The van der Waals surface area contributed by atoms with E-state index in [0.717, 1.165) is 6.42 Å². The minimum atomic E-state index is 0.358. The fraction of sp³-hybridized carbons (Fsp3) is 1.00. The summed E-state index contributed by atoms with van der Waals surface area (Å²) in [5, 5.41) is 8.64. The van der Waals surface area contributed by atoms with Crippen LogP contribution in [0, 0.1) is 5.41 Å². The average Bonchev–Trinajstić information content (AvgIpc) is 2.45. The van der Waals surface area contributed by atoms with Crippen molar-refractivity contribution in [1.82, 2.24) is 4.90 Å². The van der Waals surface area contributed by atoms with E-state index in [-0.39, 0.29) is 0 Å². The Balaban J connectivity index is 1.98. The number of nitrogens with zero attached hydrogens (tertiary/aromatic N) is 1. The number of unbranched alkanes of at least 4 members (excludes halogenated alkanes) is 3. The molecule has 1 heterocycles. The molecular formula is C12H25NO. The third-order valence-electron chi connectivity index (χ3n) is 3.14. The molecule has 0 amide bonds. The lowest BCUT2D eigenvalue weighted by Gasteiger charge is -2.19. The SMILES string of the molecule is CC1(C)CCN(CCCCCCO)C1. The van der Waals surface area contributed by atoms with Gasteiger partial charge >= 0.3 is 0 Å². The van der Waals surface area contributed by atoms with E-state index in [0.29, 0.717) is 12.0 Å². The molecule has 1 rings (SSSR count). The Morgan fingerprint density at radius 2 is 1.86 bits per heavy atom.